The minimum atomic E-state index is 0.0956. The molecule has 0 aliphatic heterocycles. The molecule has 3 unspecified atom stereocenters. The third-order valence-corrected chi connectivity index (χ3v) is 4.58. The van der Waals surface area contributed by atoms with E-state index in [4.69, 9.17) is 14.2 Å². The summed E-state index contributed by atoms with van der Waals surface area (Å²) < 4.78 is 17.9. The van der Waals surface area contributed by atoms with E-state index in [0.717, 1.165) is 22.2 Å². The van der Waals surface area contributed by atoms with Gasteiger partial charge in [-0.15, -0.1) is 0 Å². The number of hydrogen-bond donors (Lipinski definition) is 0. The average Bonchev–Trinajstić information content (AvgIpc) is 2.37. The molecule has 2 rings (SSSR count). The van der Waals surface area contributed by atoms with Gasteiger partial charge in [-0.1, -0.05) is 31.9 Å². The Morgan fingerprint density at radius 1 is 1.32 bits per heavy atom. The van der Waals surface area contributed by atoms with Crippen LogP contribution >= 0.6 is 31.9 Å². The average molecular weight is 394 g/mol. The van der Waals surface area contributed by atoms with Crippen molar-refractivity contribution < 1.29 is 14.2 Å². The molecule has 3 nitrogen and oxygen atoms in total. The quantitative estimate of drug-likeness (QED) is 0.544. The fraction of sp³-hybridized carbons (Fsp3) is 0.571. The Hall–Kier alpha value is -0.100. The third-order valence-electron chi connectivity index (χ3n) is 3.19. The highest BCUT2D eigenvalue weighted by Crippen LogP contribution is 2.35. The molecule has 1 aromatic carbocycles. The lowest BCUT2D eigenvalue weighted by Gasteiger charge is -2.41. The van der Waals surface area contributed by atoms with E-state index in [-0.39, 0.29) is 12.2 Å². The predicted molar refractivity (Wildman–Crippen MR) is 82.2 cm³/mol. The Bertz CT molecular complexity index is 425. The molecular formula is C14H18Br2O3. The highest BCUT2D eigenvalue weighted by molar-refractivity contribution is 9.10. The van der Waals surface area contributed by atoms with Crippen LogP contribution in [0.4, 0.5) is 0 Å². The number of alkyl halides is 1. The lowest BCUT2D eigenvalue weighted by Crippen LogP contribution is -2.52. The van der Waals surface area contributed by atoms with Crippen molar-refractivity contribution in [2.75, 3.05) is 20.3 Å². The highest BCUT2D eigenvalue weighted by atomic mass is 79.9. The van der Waals surface area contributed by atoms with Crippen molar-refractivity contribution in [3.05, 3.63) is 28.2 Å². The predicted octanol–water partition coefficient (Wildman–Crippen LogP) is 3.70. The van der Waals surface area contributed by atoms with Gasteiger partial charge in [0.25, 0.3) is 0 Å². The number of halogens is 2. The smallest absolute Gasteiger partial charge is 0.127 e. The summed E-state index contributed by atoms with van der Waals surface area (Å²) in [4.78, 5) is 0.366. The Labute approximate surface area is 130 Å². The van der Waals surface area contributed by atoms with Gasteiger partial charge in [-0.05, 0) is 30.7 Å². The first kappa shape index (κ1) is 15.3. The van der Waals surface area contributed by atoms with Crippen LogP contribution < -0.4 is 4.74 Å². The summed E-state index contributed by atoms with van der Waals surface area (Å²) >= 11 is 7.06. The minimum absolute atomic E-state index is 0.0956. The maximum absolute atomic E-state index is 6.03. The van der Waals surface area contributed by atoms with Gasteiger partial charge in [-0.2, -0.15) is 0 Å². The fourth-order valence-corrected chi connectivity index (χ4v) is 3.37. The molecule has 5 heteroatoms. The topological polar surface area (TPSA) is 27.7 Å². The van der Waals surface area contributed by atoms with Crippen LogP contribution in [0.25, 0.3) is 0 Å². The molecule has 0 bridgehead atoms. The molecule has 1 aliphatic carbocycles. The standard InChI is InChI=1S/C14H18Br2O3/c1-9-7-10(15)3-4-12(9)19-13-8-11(16)14(13)18-6-5-17-2/h3-4,7,11,13-14H,5-6,8H2,1-2H3. The molecule has 1 fully saturated rings. The van der Waals surface area contributed by atoms with E-state index in [1.54, 1.807) is 7.11 Å². The summed E-state index contributed by atoms with van der Waals surface area (Å²) in [5, 5.41) is 0. The molecule has 0 amide bonds. The van der Waals surface area contributed by atoms with Crippen molar-refractivity contribution in [1.29, 1.82) is 0 Å². The third kappa shape index (κ3) is 3.94. The van der Waals surface area contributed by atoms with Gasteiger partial charge in [-0.3, -0.25) is 0 Å². The molecule has 19 heavy (non-hydrogen) atoms. The van der Waals surface area contributed by atoms with Crippen molar-refractivity contribution in [3.8, 4) is 5.75 Å². The second kappa shape index (κ2) is 7.07. The fourth-order valence-electron chi connectivity index (χ4n) is 2.03. The maximum Gasteiger partial charge on any atom is 0.127 e. The number of methoxy groups -OCH3 is 1. The second-order valence-electron chi connectivity index (χ2n) is 4.65. The Balaban J connectivity index is 1.91. The number of benzene rings is 1. The van der Waals surface area contributed by atoms with Crippen LogP contribution in [0.15, 0.2) is 22.7 Å². The van der Waals surface area contributed by atoms with Crippen molar-refractivity contribution in [2.24, 2.45) is 0 Å². The summed E-state index contributed by atoms with van der Waals surface area (Å²) in [5.41, 5.74) is 1.13. The van der Waals surface area contributed by atoms with E-state index in [2.05, 4.69) is 37.9 Å². The van der Waals surface area contributed by atoms with E-state index in [1.165, 1.54) is 0 Å². The molecular weight excluding hydrogens is 376 g/mol. The molecule has 1 aromatic rings. The van der Waals surface area contributed by atoms with E-state index in [0.29, 0.717) is 18.0 Å². The molecule has 0 aromatic heterocycles. The summed E-state index contributed by atoms with van der Waals surface area (Å²) in [6.07, 6.45) is 1.17. The van der Waals surface area contributed by atoms with Crippen LogP contribution in [0.5, 0.6) is 5.75 Å². The SMILES string of the molecule is COCCOC1C(Br)CC1Oc1ccc(Br)cc1C. The zero-order valence-electron chi connectivity index (χ0n) is 11.1. The van der Waals surface area contributed by atoms with Crippen LogP contribution in [0.3, 0.4) is 0 Å². The van der Waals surface area contributed by atoms with Crippen LogP contribution in [-0.4, -0.2) is 37.4 Å². The van der Waals surface area contributed by atoms with Gasteiger partial charge in [0.05, 0.1) is 13.2 Å². The largest absolute Gasteiger partial charge is 0.487 e. The van der Waals surface area contributed by atoms with Crippen molar-refractivity contribution in [1.82, 2.24) is 0 Å². The van der Waals surface area contributed by atoms with Gasteiger partial charge in [0, 0.05) is 22.8 Å². The van der Waals surface area contributed by atoms with Gasteiger partial charge in [0.1, 0.15) is 18.0 Å². The molecule has 1 saturated carbocycles. The van der Waals surface area contributed by atoms with Crippen molar-refractivity contribution >= 4 is 31.9 Å². The van der Waals surface area contributed by atoms with Gasteiger partial charge in [-0.25, -0.2) is 0 Å². The molecule has 3 atom stereocenters. The van der Waals surface area contributed by atoms with Gasteiger partial charge in [0.15, 0.2) is 0 Å². The van der Waals surface area contributed by atoms with Gasteiger partial charge in [0.2, 0.25) is 0 Å². The van der Waals surface area contributed by atoms with Gasteiger partial charge < -0.3 is 14.2 Å². The number of rotatable bonds is 6. The number of aryl methyl sites for hydroxylation is 1. The summed E-state index contributed by atoms with van der Waals surface area (Å²) in [7, 11) is 1.68. The molecule has 0 radical (unpaired) electrons. The van der Waals surface area contributed by atoms with E-state index >= 15 is 0 Å². The van der Waals surface area contributed by atoms with Crippen LogP contribution in [-0.2, 0) is 9.47 Å². The molecule has 1 aliphatic rings. The number of ether oxygens (including phenoxy) is 3. The molecule has 0 heterocycles. The molecule has 0 saturated heterocycles. The first-order valence-electron chi connectivity index (χ1n) is 6.29. The van der Waals surface area contributed by atoms with Crippen LogP contribution in [0.2, 0.25) is 0 Å². The molecule has 0 spiro atoms. The first-order valence-corrected chi connectivity index (χ1v) is 8.00. The van der Waals surface area contributed by atoms with Crippen LogP contribution in [0, 0.1) is 6.92 Å². The van der Waals surface area contributed by atoms with E-state index < -0.39 is 0 Å². The Morgan fingerprint density at radius 2 is 2.11 bits per heavy atom. The molecule has 0 N–H and O–H groups in total. The normalized spacial score (nSPS) is 26.0. The number of hydrogen-bond acceptors (Lipinski definition) is 3. The van der Waals surface area contributed by atoms with Crippen LogP contribution in [0.1, 0.15) is 12.0 Å². The maximum atomic E-state index is 6.03. The van der Waals surface area contributed by atoms with Gasteiger partial charge >= 0.3 is 0 Å². The lowest BCUT2D eigenvalue weighted by molar-refractivity contribution is -0.0867. The lowest BCUT2D eigenvalue weighted by atomic mass is 9.91. The van der Waals surface area contributed by atoms with E-state index in [1.807, 2.05) is 19.1 Å². The summed E-state index contributed by atoms with van der Waals surface area (Å²) in [5.74, 6) is 0.924. The monoisotopic (exact) mass is 392 g/mol. The summed E-state index contributed by atoms with van der Waals surface area (Å²) in [6, 6.07) is 6.04. The minimum Gasteiger partial charge on any atom is -0.487 e. The summed E-state index contributed by atoms with van der Waals surface area (Å²) in [6.45, 7) is 3.26. The van der Waals surface area contributed by atoms with E-state index in [9.17, 15) is 0 Å². The van der Waals surface area contributed by atoms with Crippen molar-refractivity contribution in [3.63, 3.8) is 0 Å². The van der Waals surface area contributed by atoms with Crippen molar-refractivity contribution in [2.45, 2.75) is 30.4 Å². The highest BCUT2D eigenvalue weighted by Gasteiger charge is 2.42. The molecule has 106 valence electrons. The Morgan fingerprint density at radius 3 is 2.74 bits per heavy atom. The zero-order valence-corrected chi connectivity index (χ0v) is 14.2. The Kier molecular flexibility index (Phi) is 5.69. The first-order chi connectivity index (χ1) is 9.11. The second-order valence-corrected chi connectivity index (χ2v) is 6.74. The zero-order chi connectivity index (χ0) is 13.8.